The molecule has 1 atom stereocenters. The van der Waals surface area contributed by atoms with Gasteiger partial charge in [-0.25, -0.2) is 4.98 Å². The fraction of sp³-hybridized carbons (Fsp3) is 0.300. The Balaban J connectivity index is 1.73. The average molecular weight is 402 g/mol. The summed E-state index contributed by atoms with van der Waals surface area (Å²) in [4.78, 5) is 21.2. The lowest BCUT2D eigenvalue weighted by molar-refractivity contribution is 0.0945. The fourth-order valence-electron chi connectivity index (χ4n) is 2.83. The number of hydrogen-bond donors (Lipinski definition) is 1. The maximum atomic E-state index is 12.7. The molecule has 0 aliphatic rings. The number of nitrogens with one attached hydrogen (secondary N) is 1. The van der Waals surface area contributed by atoms with E-state index in [1.807, 2.05) is 62.8 Å². The number of carbonyl (C=O) groups is 1. The van der Waals surface area contributed by atoms with Crippen molar-refractivity contribution in [1.82, 2.24) is 15.2 Å². The van der Waals surface area contributed by atoms with E-state index in [0.29, 0.717) is 11.4 Å². The van der Waals surface area contributed by atoms with Crippen molar-refractivity contribution < 1.29 is 9.53 Å². The van der Waals surface area contributed by atoms with Crippen LogP contribution in [0.25, 0.3) is 9.88 Å². The van der Waals surface area contributed by atoms with E-state index in [1.165, 1.54) is 11.3 Å². The van der Waals surface area contributed by atoms with Gasteiger partial charge in [0.25, 0.3) is 5.91 Å². The number of rotatable bonds is 7. The molecule has 0 radical (unpaired) electrons. The van der Waals surface area contributed by atoms with Crippen molar-refractivity contribution in [1.29, 1.82) is 0 Å². The Morgan fingerprint density at radius 3 is 2.78 bits per heavy atom. The van der Waals surface area contributed by atoms with Crippen LogP contribution in [-0.2, 0) is 0 Å². The Morgan fingerprint density at radius 2 is 2.11 bits per heavy atom. The van der Waals surface area contributed by atoms with Crippen LogP contribution in [0.5, 0.6) is 5.75 Å². The third-order valence-corrected chi connectivity index (χ3v) is 6.49. The normalized spacial score (nSPS) is 12.2. The minimum Gasteiger partial charge on any atom is -0.497 e. The molecule has 2 aromatic heterocycles. The van der Waals surface area contributed by atoms with E-state index >= 15 is 0 Å². The molecule has 2 heterocycles. The number of thiophene rings is 1. The first-order valence-corrected chi connectivity index (χ1v) is 10.3. The van der Waals surface area contributed by atoms with Gasteiger partial charge >= 0.3 is 0 Å². The number of thiazole rings is 1. The van der Waals surface area contributed by atoms with Gasteiger partial charge in [-0.05, 0) is 50.2 Å². The number of benzene rings is 1. The minimum absolute atomic E-state index is 0.0500. The molecule has 0 saturated carbocycles. The van der Waals surface area contributed by atoms with Gasteiger partial charge in [-0.15, -0.1) is 22.7 Å². The second kappa shape index (κ2) is 8.65. The van der Waals surface area contributed by atoms with Crippen LogP contribution in [0.3, 0.4) is 0 Å². The number of methoxy groups -OCH3 is 1. The van der Waals surface area contributed by atoms with Gasteiger partial charge < -0.3 is 15.0 Å². The first kappa shape index (κ1) is 19.5. The molecule has 1 N–H and O–H groups in total. The smallest absolute Gasteiger partial charge is 0.263 e. The van der Waals surface area contributed by atoms with Crippen LogP contribution in [0.15, 0.2) is 41.8 Å². The highest BCUT2D eigenvalue weighted by molar-refractivity contribution is 7.22. The number of aryl methyl sites for hydroxylation is 1. The van der Waals surface area contributed by atoms with E-state index in [4.69, 9.17) is 4.74 Å². The summed E-state index contributed by atoms with van der Waals surface area (Å²) in [5.74, 6) is 0.729. The van der Waals surface area contributed by atoms with Crippen LogP contribution in [-0.4, -0.2) is 43.5 Å². The summed E-state index contributed by atoms with van der Waals surface area (Å²) in [6.45, 7) is 2.39. The highest BCUT2D eigenvalue weighted by Gasteiger charge is 2.20. The van der Waals surface area contributed by atoms with E-state index in [1.54, 1.807) is 18.4 Å². The van der Waals surface area contributed by atoms with Crippen LogP contribution in [0.2, 0.25) is 0 Å². The predicted octanol–water partition coefficient (Wildman–Crippen LogP) is 4.22. The second-order valence-corrected chi connectivity index (χ2v) is 8.32. The van der Waals surface area contributed by atoms with Gasteiger partial charge in [0.15, 0.2) is 0 Å². The summed E-state index contributed by atoms with van der Waals surface area (Å²) in [6, 6.07) is 12.0. The zero-order valence-corrected chi connectivity index (χ0v) is 17.5. The van der Waals surface area contributed by atoms with Crippen molar-refractivity contribution in [3.05, 3.63) is 57.9 Å². The van der Waals surface area contributed by atoms with Crippen molar-refractivity contribution in [3.63, 3.8) is 0 Å². The van der Waals surface area contributed by atoms with Gasteiger partial charge in [0, 0.05) is 6.54 Å². The highest BCUT2D eigenvalue weighted by atomic mass is 32.1. The topological polar surface area (TPSA) is 54.5 Å². The molecule has 3 aromatic rings. The van der Waals surface area contributed by atoms with Crippen molar-refractivity contribution in [2.75, 3.05) is 27.7 Å². The largest absolute Gasteiger partial charge is 0.497 e. The van der Waals surface area contributed by atoms with Crippen molar-refractivity contribution in [2.45, 2.75) is 13.0 Å². The Hall–Kier alpha value is -2.22. The SMILES string of the molecule is COc1cccc(C(CNC(=O)c2sc(-c3cccs3)nc2C)N(C)C)c1. The lowest BCUT2D eigenvalue weighted by atomic mass is 10.1. The number of hydrogen-bond acceptors (Lipinski definition) is 6. The van der Waals surface area contributed by atoms with Crippen molar-refractivity contribution >= 4 is 28.6 Å². The maximum absolute atomic E-state index is 12.7. The van der Waals surface area contributed by atoms with Gasteiger partial charge in [0.1, 0.15) is 15.6 Å². The average Bonchev–Trinajstić information content (AvgIpc) is 3.31. The monoisotopic (exact) mass is 401 g/mol. The quantitative estimate of drug-likeness (QED) is 0.644. The molecule has 0 aliphatic carbocycles. The van der Waals surface area contributed by atoms with E-state index in [2.05, 4.69) is 15.2 Å². The van der Waals surface area contributed by atoms with Crippen molar-refractivity contribution in [2.24, 2.45) is 0 Å². The molecule has 3 rings (SSSR count). The van der Waals surface area contributed by atoms with Crippen LogP contribution >= 0.6 is 22.7 Å². The summed E-state index contributed by atoms with van der Waals surface area (Å²) in [6.07, 6.45) is 0. The summed E-state index contributed by atoms with van der Waals surface area (Å²) in [5.41, 5.74) is 1.86. The van der Waals surface area contributed by atoms with Gasteiger partial charge in [0.05, 0.1) is 23.7 Å². The molecule has 1 aromatic carbocycles. The molecule has 1 unspecified atom stereocenters. The summed E-state index contributed by atoms with van der Waals surface area (Å²) in [7, 11) is 5.66. The third-order valence-electron chi connectivity index (χ3n) is 4.29. The fourth-order valence-corrected chi connectivity index (χ4v) is 4.61. The van der Waals surface area contributed by atoms with Crippen LogP contribution in [0.1, 0.15) is 27.0 Å². The molecule has 27 heavy (non-hydrogen) atoms. The molecule has 142 valence electrons. The third kappa shape index (κ3) is 4.55. The number of likely N-dealkylation sites (N-methyl/N-ethyl adjacent to an activating group) is 1. The Morgan fingerprint density at radius 1 is 1.30 bits per heavy atom. The molecule has 5 nitrogen and oxygen atoms in total. The summed E-state index contributed by atoms with van der Waals surface area (Å²) >= 11 is 3.07. The zero-order chi connectivity index (χ0) is 19.4. The van der Waals surface area contributed by atoms with E-state index in [-0.39, 0.29) is 11.9 Å². The number of amides is 1. The number of carbonyl (C=O) groups excluding carboxylic acids is 1. The van der Waals surface area contributed by atoms with Gasteiger partial charge in [-0.1, -0.05) is 18.2 Å². The molecule has 0 bridgehead atoms. The minimum atomic E-state index is -0.0810. The number of nitrogens with zero attached hydrogens (tertiary/aromatic N) is 2. The molecule has 7 heteroatoms. The first-order valence-electron chi connectivity index (χ1n) is 8.59. The molecular weight excluding hydrogens is 378 g/mol. The number of aromatic nitrogens is 1. The van der Waals surface area contributed by atoms with Crippen LogP contribution < -0.4 is 10.1 Å². The molecule has 0 aliphatic heterocycles. The molecule has 0 saturated heterocycles. The second-order valence-electron chi connectivity index (χ2n) is 6.38. The molecule has 1 amide bonds. The highest BCUT2D eigenvalue weighted by Crippen LogP contribution is 2.31. The van der Waals surface area contributed by atoms with Crippen LogP contribution in [0, 0.1) is 6.92 Å². The predicted molar refractivity (Wildman–Crippen MR) is 112 cm³/mol. The summed E-state index contributed by atoms with van der Waals surface area (Å²) in [5, 5.41) is 5.98. The Bertz CT molecular complexity index is 904. The molecule has 0 spiro atoms. The lowest BCUT2D eigenvalue weighted by Gasteiger charge is -2.25. The Kier molecular flexibility index (Phi) is 6.26. The molecule has 0 fully saturated rings. The number of ether oxygens (including phenoxy) is 1. The molecular formula is C20H23N3O2S2. The maximum Gasteiger partial charge on any atom is 0.263 e. The van der Waals surface area contributed by atoms with E-state index in [9.17, 15) is 4.79 Å². The summed E-state index contributed by atoms with van der Waals surface area (Å²) < 4.78 is 5.32. The zero-order valence-electron chi connectivity index (χ0n) is 15.9. The van der Waals surface area contributed by atoms with Crippen LogP contribution in [0.4, 0.5) is 0 Å². The van der Waals surface area contributed by atoms with E-state index in [0.717, 1.165) is 26.9 Å². The standard InChI is InChI=1S/C20H23N3O2S2/c1-13-18(27-20(22-13)17-9-6-10-26-17)19(24)21-12-16(23(2)3)14-7-5-8-15(11-14)25-4/h5-11,16H,12H2,1-4H3,(H,21,24). The Labute approximate surface area is 167 Å². The van der Waals surface area contributed by atoms with Crippen molar-refractivity contribution in [3.8, 4) is 15.6 Å². The van der Waals surface area contributed by atoms with Gasteiger partial charge in [0.2, 0.25) is 0 Å². The lowest BCUT2D eigenvalue weighted by Crippen LogP contribution is -2.34. The van der Waals surface area contributed by atoms with Gasteiger partial charge in [-0.2, -0.15) is 0 Å². The first-order chi connectivity index (χ1) is 13.0. The van der Waals surface area contributed by atoms with Gasteiger partial charge in [-0.3, -0.25) is 4.79 Å². The van der Waals surface area contributed by atoms with E-state index < -0.39 is 0 Å².